The molecule has 0 aromatic rings. The lowest BCUT2D eigenvalue weighted by molar-refractivity contribution is -0.146. The van der Waals surface area contributed by atoms with Crippen molar-refractivity contribution in [2.24, 2.45) is 11.8 Å². The maximum Gasteiger partial charge on any atom is 0.305 e. The van der Waals surface area contributed by atoms with Gasteiger partial charge < -0.3 is 24.4 Å². The predicted octanol–water partition coefficient (Wildman–Crippen LogP) is 16.5. The molecule has 0 radical (unpaired) electrons. The van der Waals surface area contributed by atoms with Crippen LogP contribution in [0.5, 0.6) is 0 Å². The number of carbonyl (C=O) groups is 3. The summed E-state index contributed by atoms with van der Waals surface area (Å²) >= 11 is 0. The Hall–Kier alpha value is -1.67. The van der Waals surface area contributed by atoms with E-state index in [0.29, 0.717) is 57.3 Å². The molecule has 0 aromatic heterocycles. The molecule has 2 atom stereocenters. The van der Waals surface area contributed by atoms with Gasteiger partial charge in [-0.2, -0.15) is 0 Å². The van der Waals surface area contributed by atoms with Gasteiger partial charge in [0.05, 0.1) is 13.2 Å². The largest absolute Gasteiger partial charge is 0.465 e. The molecule has 1 N–H and O–H groups in total. The minimum atomic E-state index is -0.0363. The maximum absolute atomic E-state index is 13.3. The smallest absolute Gasteiger partial charge is 0.305 e. The highest BCUT2D eigenvalue weighted by Gasteiger charge is 2.16. The SMILES string of the molecule is CCCCCCCCC(=O)N(CCCO)CCCN(CCCCCC(=O)OCC(CCCCCC)CCCCCCCC)CCCCCC(=O)OCC(CCCCCC)CCCCCCCC. The molecule has 2 unspecified atom stereocenters. The summed E-state index contributed by atoms with van der Waals surface area (Å²) in [5, 5.41) is 9.58. The van der Waals surface area contributed by atoms with Gasteiger partial charge in [0.15, 0.2) is 0 Å². The lowest BCUT2D eigenvalue weighted by Crippen LogP contribution is -2.36. The van der Waals surface area contributed by atoms with Crippen molar-refractivity contribution in [1.82, 2.24) is 9.80 Å². The zero-order valence-corrected chi connectivity index (χ0v) is 45.7. The van der Waals surface area contributed by atoms with E-state index in [4.69, 9.17) is 9.47 Å². The fraction of sp³-hybridized carbons (Fsp3) is 0.949. The van der Waals surface area contributed by atoms with Crippen LogP contribution in [0.1, 0.15) is 298 Å². The van der Waals surface area contributed by atoms with E-state index in [2.05, 4.69) is 39.5 Å². The molecular formula is C59H116N2O6. The van der Waals surface area contributed by atoms with Crippen LogP contribution in [0.3, 0.4) is 0 Å². The van der Waals surface area contributed by atoms with Crippen LogP contribution in [0.25, 0.3) is 0 Å². The van der Waals surface area contributed by atoms with Crippen molar-refractivity contribution >= 4 is 17.8 Å². The Bertz CT molecular complexity index is 999. The second kappa shape index (κ2) is 52.2. The molecule has 398 valence electrons. The molecule has 0 aliphatic carbocycles. The van der Waals surface area contributed by atoms with E-state index < -0.39 is 0 Å². The van der Waals surface area contributed by atoms with Crippen molar-refractivity contribution in [3.05, 3.63) is 0 Å². The van der Waals surface area contributed by atoms with Crippen molar-refractivity contribution < 1.29 is 29.0 Å². The molecule has 1 amide bonds. The Morgan fingerprint density at radius 2 is 0.672 bits per heavy atom. The van der Waals surface area contributed by atoms with Gasteiger partial charge in [-0.05, 0) is 102 Å². The summed E-state index contributed by atoms with van der Waals surface area (Å²) in [6, 6.07) is 0. The molecular weight excluding hydrogens is 833 g/mol. The molecule has 0 spiro atoms. The van der Waals surface area contributed by atoms with Gasteiger partial charge in [-0.25, -0.2) is 0 Å². The molecule has 8 nitrogen and oxygen atoms in total. The van der Waals surface area contributed by atoms with Crippen LogP contribution in [0.15, 0.2) is 0 Å². The van der Waals surface area contributed by atoms with Crippen molar-refractivity contribution in [2.75, 3.05) is 52.5 Å². The van der Waals surface area contributed by atoms with Gasteiger partial charge in [0, 0.05) is 39.0 Å². The molecule has 0 bridgehead atoms. The number of carbonyl (C=O) groups excluding carboxylic acids is 3. The number of esters is 2. The lowest BCUT2D eigenvalue weighted by atomic mass is 9.95. The molecule has 0 saturated heterocycles. The third-order valence-electron chi connectivity index (χ3n) is 14.1. The van der Waals surface area contributed by atoms with Crippen molar-refractivity contribution in [1.29, 1.82) is 0 Å². The molecule has 0 saturated carbocycles. The summed E-state index contributed by atoms with van der Waals surface area (Å²) in [4.78, 5) is 43.6. The number of amides is 1. The number of hydrogen-bond acceptors (Lipinski definition) is 7. The fourth-order valence-electron chi connectivity index (χ4n) is 9.56. The number of hydrogen-bond donors (Lipinski definition) is 1. The van der Waals surface area contributed by atoms with E-state index in [9.17, 15) is 19.5 Å². The first kappa shape index (κ1) is 65.3. The Balaban J connectivity index is 5.12. The van der Waals surface area contributed by atoms with E-state index >= 15 is 0 Å². The number of aliphatic hydroxyl groups is 1. The third kappa shape index (κ3) is 45.2. The summed E-state index contributed by atoms with van der Waals surface area (Å²) in [6.45, 7) is 16.8. The Morgan fingerprint density at radius 1 is 0.358 bits per heavy atom. The highest BCUT2D eigenvalue weighted by molar-refractivity contribution is 5.76. The van der Waals surface area contributed by atoms with Gasteiger partial charge in [-0.1, -0.05) is 208 Å². The summed E-state index contributed by atoms with van der Waals surface area (Å²) in [5.74, 6) is 1.14. The van der Waals surface area contributed by atoms with Gasteiger partial charge >= 0.3 is 11.9 Å². The minimum Gasteiger partial charge on any atom is -0.465 e. The quantitative estimate of drug-likeness (QED) is 0.0479. The van der Waals surface area contributed by atoms with Crippen LogP contribution in [0, 0.1) is 11.8 Å². The molecule has 8 heteroatoms. The van der Waals surface area contributed by atoms with E-state index in [1.165, 1.54) is 180 Å². The number of aliphatic hydroxyl groups excluding tert-OH is 1. The fourth-order valence-corrected chi connectivity index (χ4v) is 9.56. The predicted molar refractivity (Wildman–Crippen MR) is 287 cm³/mol. The number of rotatable bonds is 54. The van der Waals surface area contributed by atoms with E-state index in [1.807, 2.05) is 4.90 Å². The van der Waals surface area contributed by atoms with Crippen LogP contribution in [-0.4, -0.2) is 85.3 Å². The van der Waals surface area contributed by atoms with Crippen molar-refractivity contribution in [3.63, 3.8) is 0 Å². The van der Waals surface area contributed by atoms with Crippen molar-refractivity contribution in [3.8, 4) is 0 Å². The van der Waals surface area contributed by atoms with E-state index in [-0.39, 0.29) is 24.5 Å². The van der Waals surface area contributed by atoms with Crippen LogP contribution >= 0.6 is 0 Å². The van der Waals surface area contributed by atoms with Gasteiger partial charge in [0.25, 0.3) is 0 Å². The second-order valence-corrected chi connectivity index (χ2v) is 20.7. The summed E-state index contributed by atoms with van der Waals surface area (Å²) < 4.78 is 11.8. The average Bonchev–Trinajstić information content (AvgIpc) is 3.33. The van der Waals surface area contributed by atoms with E-state index in [0.717, 1.165) is 84.0 Å². The first-order chi connectivity index (χ1) is 32.8. The lowest BCUT2D eigenvalue weighted by Gasteiger charge is -2.26. The van der Waals surface area contributed by atoms with Crippen molar-refractivity contribution in [2.45, 2.75) is 298 Å². The van der Waals surface area contributed by atoms with E-state index in [1.54, 1.807) is 0 Å². The van der Waals surface area contributed by atoms with Gasteiger partial charge in [0.1, 0.15) is 0 Å². The zero-order chi connectivity index (χ0) is 49.1. The Kier molecular flexibility index (Phi) is 50.9. The molecule has 0 fully saturated rings. The van der Waals surface area contributed by atoms with Crippen LogP contribution < -0.4 is 0 Å². The standard InChI is InChI=1S/C59H116N2O6/c1-6-11-16-21-24-31-42-55(40-29-19-14-9-4)53-66-58(64)45-34-27-36-47-60(49-38-50-61(51-39-52-62)57(63)44-33-26-23-18-13-8-3)48-37-28-35-46-59(65)67-54-56(41-30-20-15-10-5)43-32-25-22-17-12-7-2/h55-56,62H,6-54H2,1-5H3. The number of ether oxygens (including phenoxy) is 2. The Labute approximate surface area is 417 Å². The van der Waals surface area contributed by atoms with Crippen LogP contribution in [-0.2, 0) is 23.9 Å². The highest BCUT2D eigenvalue weighted by Crippen LogP contribution is 2.22. The molecule has 67 heavy (non-hydrogen) atoms. The first-order valence-electron chi connectivity index (χ1n) is 29.8. The van der Waals surface area contributed by atoms with Crippen LogP contribution in [0.4, 0.5) is 0 Å². The van der Waals surface area contributed by atoms with Crippen LogP contribution in [0.2, 0.25) is 0 Å². The monoisotopic (exact) mass is 949 g/mol. The third-order valence-corrected chi connectivity index (χ3v) is 14.1. The number of nitrogens with zero attached hydrogens (tertiary/aromatic N) is 2. The summed E-state index contributed by atoms with van der Waals surface area (Å²) in [6.07, 6.45) is 46.3. The zero-order valence-electron chi connectivity index (χ0n) is 45.7. The Morgan fingerprint density at radius 3 is 1.07 bits per heavy atom. The van der Waals surface area contributed by atoms with Gasteiger partial charge in [-0.15, -0.1) is 0 Å². The molecule has 0 aliphatic heterocycles. The van der Waals surface area contributed by atoms with Gasteiger partial charge in [-0.3, -0.25) is 14.4 Å². The minimum absolute atomic E-state index is 0.0363. The molecule has 0 rings (SSSR count). The second-order valence-electron chi connectivity index (χ2n) is 20.7. The maximum atomic E-state index is 13.3. The molecule has 0 aromatic carbocycles. The summed E-state index contributed by atoms with van der Waals surface area (Å²) in [5.41, 5.74) is 0. The number of unbranched alkanes of at least 4 members (excludes halogenated alkanes) is 25. The topological polar surface area (TPSA) is 96.4 Å². The van der Waals surface area contributed by atoms with Gasteiger partial charge in [0.2, 0.25) is 5.91 Å². The molecule has 0 aliphatic rings. The summed E-state index contributed by atoms with van der Waals surface area (Å²) in [7, 11) is 0. The normalized spacial score (nSPS) is 12.5. The average molecular weight is 950 g/mol. The first-order valence-corrected chi connectivity index (χ1v) is 29.8. The highest BCUT2D eigenvalue weighted by atomic mass is 16.5. The molecule has 0 heterocycles.